The van der Waals surface area contributed by atoms with Crippen molar-refractivity contribution in [2.24, 2.45) is 0 Å². The van der Waals surface area contributed by atoms with Crippen molar-refractivity contribution in [3.63, 3.8) is 0 Å². The Morgan fingerprint density at radius 1 is 1.03 bits per heavy atom. The highest BCUT2D eigenvalue weighted by molar-refractivity contribution is 6.02. The topological polar surface area (TPSA) is 88.3 Å². The number of aromatic nitrogens is 2. The fourth-order valence-electron chi connectivity index (χ4n) is 2.71. The largest absolute Gasteiger partial charge is 0.471 e. The number of halogens is 3. The molecule has 10 heteroatoms. The fraction of sp³-hybridized carbons (Fsp3) is 0.474. The molecule has 0 spiro atoms. The molecule has 0 unspecified atom stereocenters. The van der Waals surface area contributed by atoms with Crippen molar-refractivity contribution >= 4 is 17.5 Å². The Bertz CT molecular complexity index is 897. The van der Waals surface area contributed by atoms with E-state index in [2.05, 4.69) is 20.0 Å². The van der Waals surface area contributed by atoms with Crippen LogP contribution in [0.3, 0.4) is 0 Å². The highest BCUT2D eigenvalue weighted by atomic mass is 19.4. The standard InChI is InChI=1S/C19H23F3N4O3/c1-11(27)26(18(5,6)15(28)24-17(2,3)4)13-9-7-12(8-10-13)14-23-16(29-25-14)19(20,21)22/h7-10H,1-6H3,(H,24,28). The van der Waals surface area contributed by atoms with Gasteiger partial charge in [-0.2, -0.15) is 18.2 Å². The van der Waals surface area contributed by atoms with Crippen molar-refractivity contribution in [3.8, 4) is 11.4 Å². The van der Waals surface area contributed by atoms with Gasteiger partial charge in [0, 0.05) is 23.7 Å². The van der Waals surface area contributed by atoms with Gasteiger partial charge in [0.2, 0.25) is 17.6 Å². The van der Waals surface area contributed by atoms with E-state index in [9.17, 15) is 22.8 Å². The molecule has 2 rings (SSSR count). The molecule has 158 valence electrons. The average molecular weight is 412 g/mol. The molecule has 0 bridgehead atoms. The zero-order valence-electron chi connectivity index (χ0n) is 17.0. The summed E-state index contributed by atoms with van der Waals surface area (Å²) in [5.41, 5.74) is -1.03. The second-order valence-corrected chi connectivity index (χ2v) is 8.09. The summed E-state index contributed by atoms with van der Waals surface area (Å²) in [6.07, 6.45) is -4.74. The molecule has 1 heterocycles. The van der Waals surface area contributed by atoms with Crippen LogP contribution in [0.25, 0.3) is 11.4 Å². The number of hydrogen-bond donors (Lipinski definition) is 1. The maximum Gasteiger partial charge on any atom is 0.471 e. The number of hydrogen-bond acceptors (Lipinski definition) is 5. The van der Waals surface area contributed by atoms with E-state index in [0.717, 1.165) is 0 Å². The minimum atomic E-state index is -4.74. The quantitative estimate of drug-likeness (QED) is 0.825. The van der Waals surface area contributed by atoms with Crippen LogP contribution in [0.15, 0.2) is 28.8 Å². The summed E-state index contributed by atoms with van der Waals surface area (Å²) in [7, 11) is 0. The van der Waals surface area contributed by atoms with Crippen LogP contribution in [0.1, 0.15) is 47.4 Å². The van der Waals surface area contributed by atoms with Crippen LogP contribution >= 0.6 is 0 Å². The van der Waals surface area contributed by atoms with Gasteiger partial charge in [0.15, 0.2) is 0 Å². The number of nitrogens with zero attached hydrogens (tertiary/aromatic N) is 3. The molecule has 0 radical (unpaired) electrons. The first-order valence-corrected chi connectivity index (χ1v) is 8.77. The maximum atomic E-state index is 12.7. The van der Waals surface area contributed by atoms with E-state index < -0.39 is 23.1 Å². The first-order valence-electron chi connectivity index (χ1n) is 8.77. The van der Waals surface area contributed by atoms with Crippen molar-refractivity contribution in [1.29, 1.82) is 0 Å². The lowest BCUT2D eigenvalue weighted by Crippen LogP contribution is -2.60. The summed E-state index contributed by atoms with van der Waals surface area (Å²) in [4.78, 5) is 29.7. The predicted molar refractivity (Wildman–Crippen MR) is 99.9 cm³/mol. The lowest BCUT2D eigenvalue weighted by Gasteiger charge is -2.38. The van der Waals surface area contributed by atoms with Crippen LogP contribution in [-0.4, -0.2) is 33.0 Å². The Morgan fingerprint density at radius 3 is 2.00 bits per heavy atom. The molecule has 7 nitrogen and oxygen atoms in total. The van der Waals surface area contributed by atoms with Crippen molar-refractivity contribution < 1.29 is 27.3 Å². The van der Waals surface area contributed by atoms with Crippen LogP contribution in [0.5, 0.6) is 0 Å². The fourth-order valence-corrected chi connectivity index (χ4v) is 2.71. The zero-order chi connectivity index (χ0) is 22.2. The third kappa shape index (κ3) is 5.12. The molecule has 0 aliphatic heterocycles. The minimum Gasteiger partial charge on any atom is -0.349 e. The Hall–Kier alpha value is -2.91. The summed E-state index contributed by atoms with van der Waals surface area (Å²) in [5, 5.41) is 6.18. The van der Waals surface area contributed by atoms with E-state index in [-0.39, 0.29) is 23.2 Å². The molecule has 1 aromatic carbocycles. The number of carbonyl (C=O) groups excluding carboxylic acids is 2. The van der Waals surface area contributed by atoms with Crippen LogP contribution in [0.4, 0.5) is 18.9 Å². The second kappa shape index (κ2) is 7.49. The first-order chi connectivity index (χ1) is 13.1. The Balaban J connectivity index is 2.34. The van der Waals surface area contributed by atoms with Crippen LogP contribution in [0.2, 0.25) is 0 Å². The molecule has 0 aliphatic rings. The van der Waals surface area contributed by atoms with Crippen molar-refractivity contribution in [1.82, 2.24) is 15.5 Å². The van der Waals surface area contributed by atoms with Gasteiger partial charge in [-0.15, -0.1) is 0 Å². The van der Waals surface area contributed by atoms with Gasteiger partial charge in [0.25, 0.3) is 0 Å². The lowest BCUT2D eigenvalue weighted by molar-refractivity contribution is -0.159. The van der Waals surface area contributed by atoms with E-state index in [4.69, 9.17) is 0 Å². The van der Waals surface area contributed by atoms with Gasteiger partial charge >= 0.3 is 12.1 Å². The number of nitrogens with one attached hydrogen (secondary N) is 1. The molecule has 2 amide bonds. The highest BCUT2D eigenvalue weighted by Gasteiger charge is 2.40. The molecule has 29 heavy (non-hydrogen) atoms. The predicted octanol–water partition coefficient (Wildman–Crippen LogP) is 3.80. The van der Waals surface area contributed by atoms with Gasteiger partial charge in [0.05, 0.1) is 0 Å². The SMILES string of the molecule is CC(=O)N(c1ccc(-c2noc(C(F)(F)F)n2)cc1)C(C)(C)C(=O)NC(C)(C)C. The third-order valence-corrected chi connectivity index (χ3v) is 3.97. The van der Waals surface area contributed by atoms with E-state index in [1.807, 2.05) is 20.8 Å². The van der Waals surface area contributed by atoms with Crippen LogP contribution in [-0.2, 0) is 15.8 Å². The number of alkyl halides is 3. The molecule has 2 aromatic rings. The van der Waals surface area contributed by atoms with Crippen LogP contribution < -0.4 is 10.2 Å². The first kappa shape index (κ1) is 22.4. The molecule has 0 atom stereocenters. The highest BCUT2D eigenvalue weighted by Crippen LogP contribution is 2.31. The minimum absolute atomic E-state index is 0.233. The van der Waals surface area contributed by atoms with Gasteiger partial charge in [-0.05, 0) is 58.9 Å². The summed E-state index contributed by atoms with van der Waals surface area (Å²) >= 11 is 0. The number of benzene rings is 1. The van der Waals surface area contributed by atoms with Gasteiger partial charge in [-0.1, -0.05) is 5.16 Å². The summed E-state index contributed by atoms with van der Waals surface area (Å²) in [6, 6.07) is 5.92. The number of rotatable bonds is 4. The molecule has 1 aromatic heterocycles. The van der Waals surface area contributed by atoms with E-state index in [0.29, 0.717) is 5.69 Å². The van der Waals surface area contributed by atoms with E-state index >= 15 is 0 Å². The summed E-state index contributed by atoms with van der Waals surface area (Å²) in [6.45, 7) is 10.0. The summed E-state index contributed by atoms with van der Waals surface area (Å²) < 4.78 is 42.1. The van der Waals surface area contributed by atoms with Gasteiger partial charge in [-0.25, -0.2) is 0 Å². The van der Waals surface area contributed by atoms with Gasteiger partial charge < -0.3 is 9.84 Å². The normalized spacial score (nSPS) is 12.6. The molecular formula is C19H23F3N4O3. The zero-order valence-corrected chi connectivity index (χ0v) is 17.0. The number of amides is 2. The summed E-state index contributed by atoms with van der Waals surface area (Å²) in [5.74, 6) is -2.40. The molecule has 0 aliphatic carbocycles. The van der Waals surface area contributed by atoms with E-state index in [1.54, 1.807) is 13.8 Å². The third-order valence-electron chi connectivity index (χ3n) is 3.97. The van der Waals surface area contributed by atoms with E-state index in [1.165, 1.54) is 36.1 Å². The average Bonchev–Trinajstić information content (AvgIpc) is 3.03. The maximum absolute atomic E-state index is 12.7. The molecule has 1 N–H and O–H groups in total. The molecule has 0 fully saturated rings. The molecule has 0 saturated heterocycles. The Labute approximate surface area is 166 Å². The van der Waals surface area contributed by atoms with Gasteiger partial charge in [0.1, 0.15) is 5.54 Å². The van der Waals surface area contributed by atoms with Crippen molar-refractivity contribution in [2.75, 3.05) is 4.90 Å². The number of anilines is 1. The van der Waals surface area contributed by atoms with Crippen molar-refractivity contribution in [2.45, 2.75) is 58.8 Å². The Morgan fingerprint density at radius 2 is 1.59 bits per heavy atom. The Kier molecular flexibility index (Phi) is 5.78. The molecule has 0 saturated carbocycles. The monoisotopic (exact) mass is 412 g/mol. The smallest absolute Gasteiger partial charge is 0.349 e. The number of carbonyl (C=O) groups is 2. The molecular weight excluding hydrogens is 389 g/mol. The van der Waals surface area contributed by atoms with Gasteiger partial charge in [-0.3, -0.25) is 14.5 Å². The lowest BCUT2D eigenvalue weighted by atomic mass is 9.97. The second-order valence-electron chi connectivity index (χ2n) is 8.09. The van der Waals surface area contributed by atoms with Crippen molar-refractivity contribution in [3.05, 3.63) is 30.2 Å². The van der Waals surface area contributed by atoms with Crippen LogP contribution in [0, 0.1) is 0 Å².